The van der Waals surface area contributed by atoms with Crippen molar-refractivity contribution in [3.63, 3.8) is 0 Å². The van der Waals surface area contributed by atoms with Crippen molar-refractivity contribution in [3.05, 3.63) is 23.8 Å². The quantitative estimate of drug-likeness (QED) is 0.692. The van der Waals surface area contributed by atoms with E-state index >= 15 is 0 Å². The first-order chi connectivity index (χ1) is 14.0. The molecule has 0 aliphatic carbocycles. The molecule has 2 aliphatic heterocycles. The standard InChI is InChI=1S/C23H36N4O2/c1-4-19-10-6-8-14-26(19)22(28)24-18-13-12-17(3)21(16-18)25-23(29)27-15-9-7-11-20(27)5-2/h12-13,16,19-20H,4-11,14-15H2,1-3H3,(H,24,28)(H,25,29). The Bertz CT molecular complexity index is 721. The van der Waals surface area contributed by atoms with Gasteiger partial charge in [-0.1, -0.05) is 19.9 Å². The van der Waals surface area contributed by atoms with Crippen molar-refractivity contribution in [3.8, 4) is 0 Å². The highest BCUT2D eigenvalue weighted by molar-refractivity contribution is 5.93. The van der Waals surface area contributed by atoms with Crippen LogP contribution in [0.25, 0.3) is 0 Å². The van der Waals surface area contributed by atoms with Crippen molar-refractivity contribution in [2.75, 3.05) is 23.7 Å². The monoisotopic (exact) mass is 400 g/mol. The molecule has 3 rings (SSSR count). The molecule has 0 bridgehead atoms. The lowest BCUT2D eigenvalue weighted by Crippen LogP contribution is -2.46. The Kier molecular flexibility index (Phi) is 7.40. The van der Waals surface area contributed by atoms with Crippen molar-refractivity contribution in [2.45, 2.75) is 84.2 Å². The first-order valence-corrected chi connectivity index (χ1v) is 11.3. The highest BCUT2D eigenvalue weighted by Gasteiger charge is 2.27. The highest BCUT2D eigenvalue weighted by Crippen LogP contribution is 2.25. The molecule has 0 aromatic heterocycles. The number of nitrogens with one attached hydrogen (secondary N) is 2. The maximum absolute atomic E-state index is 12.9. The van der Waals surface area contributed by atoms with E-state index in [0.29, 0.717) is 12.1 Å². The lowest BCUT2D eigenvalue weighted by molar-refractivity contribution is 0.160. The molecule has 0 radical (unpaired) electrons. The normalized spacial score (nSPS) is 22.3. The molecule has 2 aliphatic rings. The van der Waals surface area contributed by atoms with Crippen molar-refractivity contribution in [1.82, 2.24) is 9.80 Å². The number of carbonyl (C=O) groups is 2. The number of hydrogen-bond acceptors (Lipinski definition) is 2. The molecule has 2 saturated heterocycles. The molecule has 6 heteroatoms. The maximum Gasteiger partial charge on any atom is 0.322 e. The van der Waals surface area contributed by atoms with E-state index in [1.807, 2.05) is 34.9 Å². The number of piperidine rings is 2. The van der Waals surface area contributed by atoms with Gasteiger partial charge in [0.1, 0.15) is 0 Å². The van der Waals surface area contributed by atoms with Crippen LogP contribution in [0.2, 0.25) is 0 Å². The number of benzene rings is 1. The number of carbonyl (C=O) groups excluding carboxylic acids is 2. The first-order valence-electron chi connectivity index (χ1n) is 11.3. The first kappa shape index (κ1) is 21.5. The zero-order valence-electron chi connectivity index (χ0n) is 18.2. The van der Waals surface area contributed by atoms with Crippen LogP contribution in [0.15, 0.2) is 18.2 Å². The number of likely N-dealkylation sites (tertiary alicyclic amines) is 2. The third-order valence-electron chi connectivity index (χ3n) is 6.45. The van der Waals surface area contributed by atoms with Crippen LogP contribution >= 0.6 is 0 Å². The van der Waals surface area contributed by atoms with E-state index in [2.05, 4.69) is 24.5 Å². The van der Waals surface area contributed by atoms with Crippen molar-refractivity contribution >= 4 is 23.4 Å². The molecular weight excluding hydrogens is 364 g/mol. The number of hydrogen-bond donors (Lipinski definition) is 2. The Morgan fingerprint density at radius 3 is 2.00 bits per heavy atom. The minimum atomic E-state index is -0.0419. The average molecular weight is 401 g/mol. The molecule has 4 amide bonds. The predicted molar refractivity (Wildman–Crippen MR) is 118 cm³/mol. The summed E-state index contributed by atoms with van der Waals surface area (Å²) in [6.45, 7) is 7.88. The summed E-state index contributed by atoms with van der Waals surface area (Å²) in [6, 6.07) is 6.29. The topological polar surface area (TPSA) is 64.7 Å². The summed E-state index contributed by atoms with van der Waals surface area (Å²) in [7, 11) is 0. The van der Waals surface area contributed by atoms with Gasteiger partial charge in [-0.3, -0.25) is 0 Å². The van der Waals surface area contributed by atoms with E-state index in [-0.39, 0.29) is 12.1 Å². The molecule has 2 unspecified atom stereocenters. The number of nitrogens with zero attached hydrogens (tertiary/aromatic N) is 2. The van der Waals surface area contributed by atoms with E-state index in [1.54, 1.807) is 0 Å². The van der Waals surface area contributed by atoms with Gasteiger partial charge in [-0.15, -0.1) is 0 Å². The van der Waals surface area contributed by atoms with Crippen LogP contribution in [-0.2, 0) is 0 Å². The summed E-state index contributed by atoms with van der Waals surface area (Å²) in [5, 5.41) is 6.12. The van der Waals surface area contributed by atoms with Gasteiger partial charge in [-0.05, 0) is 76.0 Å². The van der Waals surface area contributed by atoms with Gasteiger partial charge in [0, 0.05) is 36.5 Å². The number of amides is 4. The fourth-order valence-electron chi connectivity index (χ4n) is 4.60. The summed E-state index contributed by atoms with van der Waals surface area (Å²) < 4.78 is 0. The van der Waals surface area contributed by atoms with Crippen LogP contribution < -0.4 is 10.6 Å². The summed E-state index contributed by atoms with van der Waals surface area (Å²) in [5.74, 6) is 0. The van der Waals surface area contributed by atoms with Gasteiger partial charge in [0.15, 0.2) is 0 Å². The molecule has 29 heavy (non-hydrogen) atoms. The summed E-state index contributed by atoms with van der Waals surface area (Å²) in [5.41, 5.74) is 2.48. The maximum atomic E-state index is 12.9. The largest absolute Gasteiger partial charge is 0.322 e. The molecule has 2 atom stereocenters. The molecule has 1 aromatic carbocycles. The minimum absolute atomic E-state index is 0.0368. The average Bonchev–Trinajstić information content (AvgIpc) is 2.75. The van der Waals surface area contributed by atoms with Crippen LogP contribution in [0.3, 0.4) is 0 Å². The third-order valence-corrected chi connectivity index (χ3v) is 6.45. The zero-order valence-corrected chi connectivity index (χ0v) is 18.2. The van der Waals surface area contributed by atoms with Crippen molar-refractivity contribution < 1.29 is 9.59 Å². The van der Waals surface area contributed by atoms with Crippen LogP contribution in [-0.4, -0.2) is 47.0 Å². The minimum Gasteiger partial charge on any atom is -0.322 e. The number of urea groups is 2. The fraction of sp³-hybridized carbons (Fsp3) is 0.652. The smallest absolute Gasteiger partial charge is 0.322 e. The molecule has 2 N–H and O–H groups in total. The van der Waals surface area contributed by atoms with Gasteiger partial charge in [0.2, 0.25) is 0 Å². The second kappa shape index (κ2) is 9.99. The fourth-order valence-corrected chi connectivity index (χ4v) is 4.60. The molecule has 2 fully saturated rings. The van der Waals surface area contributed by atoms with E-state index in [0.717, 1.165) is 68.6 Å². The Morgan fingerprint density at radius 2 is 1.45 bits per heavy atom. The number of aryl methyl sites for hydroxylation is 1. The van der Waals surface area contributed by atoms with Crippen LogP contribution in [0.4, 0.5) is 21.0 Å². The molecule has 160 valence electrons. The van der Waals surface area contributed by atoms with Gasteiger partial charge in [-0.25, -0.2) is 9.59 Å². The molecule has 2 heterocycles. The van der Waals surface area contributed by atoms with Gasteiger partial charge in [-0.2, -0.15) is 0 Å². The number of anilines is 2. The van der Waals surface area contributed by atoms with Crippen molar-refractivity contribution in [1.29, 1.82) is 0 Å². The van der Waals surface area contributed by atoms with Gasteiger partial charge < -0.3 is 20.4 Å². The Morgan fingerprint density at radius 1 is 0.897 bits per heavy atom. The van der Waals surface area contributed by atoms with E-state index in [4.69, 9.17) is 0 Å². The van der Waals surface area contributed by atoms with E-state index < -0.39 is 0 Å². The summed E-state index contributed by atoms with van der Waals surface area (Å²) in [4.78, 5) is 29.6. The Hall–Kier alpha value is -2.24. The van der Waals surface area contributed by atoms with Crippen LogP contribution in [0, 0.1) is 6.92 Å². The summed E-state index contributed by atoms with van der Waals surface area (Å²) in [6.07, 6.45) is 8.63. The predicted octanol–water partition coefficient (Wildman–Crippen LogP) is 5.59. The highest BCUT2D eigenvalue weighted by atomic mass is 16.2. The second-order valence-corrected chi connectivity index (χ2v) is 8.39. The summed E-state index contributed by atoms with van der Waals surface area (Å²) >= 11 is 0. The van der Waals surface area contributed by atoms with Gasteiger partial charge in [0.05, 0.1) is 0 Å². The van der Waals surface area contributed by atoms with Crippen LogP contribution in [0.5, 0.6) is 0 Å². The molecule has 1 aromatic rings. The van der Waals surface area contributed by atoms with Crippen molar-refractivity contribution in [2.24, 2.45) is 0 Å². The molecule has 6 nitrogen and oxygen atoms in total. The molecule has 0 saturated carbocycles. The SMILES string of the molecule is CCC1CCCCN1C(=O)Nc1ccc(C)c(NC(=O)N2CCCCC2CC)c1. The van der Waals surface area contributed by atoms with E-state index in [1.165, 1.54) is 12.8 Å². The number of rotatable bonds is 4. The third kappa shape index (κ3) is 5.22. The zero-order chi connectivity index (χ0) is 20.8. The van der Waals surface area contributed by atoms with Gasteiger partial charge >= 0.3 is 12.1 Å². The second-order valence-electron chi connectivity index (χ2n) is 8.39. The Labute approximate surface area is 175 Å². The lowest BCUT2D eigenvalue weighted by Gasteiger charge is -2.35. The lowest BCUT2D eigenvalue weighted by atomic mass is 10.0. The molecular formula is C23H36N4O2. The van der Waals surface area contributed by atoms with Gasteiger partial charge in [0.25, 0.3) is 0 Å². The molecule has 0 spiro atoms. The van der Waals surface area contributed by atoms with Crippen LogP contribution in [0.1, 0.15) is 70.8 Å². The Balaban J connectivity index is 1.67. The van der Waals surface area contributed by atoms with E-state index in [9.17, 15) is 9.59 Å².